The van der Waals surface area contributed by atoms with Gasteiger partial charge in [0.2, 0.25) is 0 Å². The quantitative estimate of drug-likeness (QED) is 0.392. The molecule has 0 aromatic carbocycles. The van der Waals surface area contributed by atoms with Crippen molar-refractivity contribution in [1.82, 2.24) is 0 Å². The monoisotopic (exact) mass is 459 g/mol. The Labute approximate surface area is 121 Å². The molecule has 0 radical (unpaired) electrons. The Morgan fingerprint density at radius 2 is 2.36 bits per heavy atom. The fourth-order valence-electron chi connectivity index (χ4n) is 0.788. The van der Waals surface area contributed by atoms with Crippen LogP contribution in [0.25, 0.3) is 0 Å². The molecule has 0 aliphatic heterocycles. The molecule has 4 heteroatoms. The van der Waals surface area contributed by atoms with Crippen LogP contribution in [-0.4, -0.2) is 19.8 Å². The maximum absolute atomic E-state index is 6.23. The van der Waals surface area contributed by atoms with E-state index >= 15 is 0 Å². The van der Waals surface area contributed by atoms with Gasteiger partial charge in [-0.3, -0.25) is 0 Å². The minimum atomic E-state index is 0.0823. The fourth-order valence-corrected chi connectivity index (χ4v) is 4.34. The van der Waals surface area contributed by atoms with E-state index in [1.54, 1.807) is 0 Å². The molecule has 0 N–H and O–H groups in total. The van der Waals surface area contributed by atoms with Crippen molar-refractivity contribution in [3.63, 3.8) is 0 Å². The molecule has 0 bridgehead atoms. The molecule has 0 heterocycles. The van der Waals surface area contributed by atoms with Gasteiger partial charge >= 0.3 is 123 Å². The van der Waals surface area contributed by atoms with Gasteiger partial charge in [-0.2, -0.15) is 0 Å². The van der Waals surface area contributed by atoms with Crippen molar-refractivity contribution in [2.45, 2.75) is 29.6 Å². The van der Waals surface area contributed by atoms with Gasteiger partial charge in [0.15, 0.2) is 0 Å². The zero-order chi connectivity index (χ0) is 10.8. The Bertz CT molecular complexity index is 162. The molecule has 0 spiro atoms. The number of halogens is 3. The predicted molar refractivity (Wildman–Crippen MR) is 74.5 cm³/mol. The van der Waals surface area contributed by atoms with E-state index in [9.17, 15) is 0 Å². The molecule has 0 amide bonds. The number of rotatable bonds is 8. The van der Waals surface area contributed by atoms with Gasteiger partial charge in [-0.25, -0.2) is 0 Å². The Kier molecular flexibility index (Phi) is 12.8. The molecule has 0 rings (SSSR count). The molecule has 1 atom stereocenters. The van der Waals surface area contributed by atoms with E-state index < -0.39 is 0 Å². The predicted octanol–water partition coefficient (Wildman–Crippen LogP) is 1.51. The summed E-state index contributed by atoms with van der Waals surface area (Å²) >= 11 is 10.6. The molecule has 0 saturated heterocycles. The molecule has 0 saturated carbocycles. The molecule has 0 aromatic rings. The molecule has 86 valence electrons. The van der Waals surface area contributed by atoms with Crippen LogP contribution in [0, 0.1) is 0 Å². The van der Waals surface area contributed by atoms with E-state index in [0.717, 1.165) is 0 Å². The summed E-state index contributed by atoms with van der Waals surface area (Å²) in [5, 5.41) is 0. The third kappa shape index (κ3) is 10.4. The van der Waals surface area contributed by atoms with E-state index in [4.69, 9.17) is 11.6 Å². The number of allylic oxidation sites excluding steroid dienone is 1. The first-order chi connectivity index (χ1) is 6.70. The van der Waals surface area contributed by atoms with Gasteiger partial charge in [-0.1, -0.05) is 0 Å². The average molecular weight is 460 g/mol. The summed E-state index contributed by atoms with van der Waals surface area (Å²) in [5.74, 6) is 1.24. The first kappa shape index (κ1) is 15.8. The standard InChI is InChI=1S/C10H18ClI2S/c1-9(5-7-14-2)8-13-10(11)4-3-6-12/h8,10H,3-7H2,1-2H3/q-1/b9-8+. The van der Waals surface area contributed by atoms with Crippen LogP contribution in [0.1, 0.15) is 26.2 Å². The van der Waals surface area contributed by atoms with Crippen LogP contribution in [0.4, 0.5) is 0 Å². The molecule has 1 unspecified atom stereocenters. The van der Waals surface area contributed by atoms with Crippen LogP contribution in [0.2, 0.25) is 0 Å². The second-order valence-electron chi connectivity index (χ2n) is 3.05. The fraction of sp³-hybridized carbons (Fsp3) is 0.800. The molecule has 0 nitrogen and oxygen atoms in total. The Morgan fingerprint density at radius 3 is 2.93 bits per heavy atom. The van der Waals surface area contributed by atoms with E-state index in [1.807, 2.05) is 11.8 Å². The number of hydrogen-bond donors (Lipinski definition) is 0. The van der Waals surface area contributed by atoms with E-state index in [0.29, 0.717) is 3.38 Å². The number of thioether (sulfide) groups is 1. The molecular formula is C10H18ClI2S-. The van der Waals surface area contributed by atoms with Crippen molar-refractivity contribution >= 4 is 46.0 Å². The van der Waals surface area contributed by atoms with Crippen molar-refractivity contribution in [2.75, 3.05) is 16.4 Å². The van der Waals surface area contributed by atoms with Crippen molar-refractivity contribution in [3.8, 4) is 0 Å². The van der Waals surface area contributed by atoms with E-state index in [-0.39, 0.29) is 21.2 Å². The zero-order valence-electron chi connectivity index (χ0n) is 8.73. The van der Waals surface area contributed by atoms with Gasteiger partial charge in [0.1, 0.15) is 0 Å². The molecule has 0 aliphatic carbocycles. The second kappa shape index (κ2) is 11.3. The number of hydrogen-bond acceptors (Lipinski definition) is 1. The average Bonchev–Trinajstić information content (AvgIpc) is 2.20. The topological polar surface area (TPSA) is 0 Å². The van der Waals surface area contributed by atoms with Crippen molar-refractivity contribution in [2.24, 2.45) is 0 Å². The SMILES string of the molecule is CSCC/C(C)=C/[I-]C(Cl)CCCI. The second-order valence-corrected chi connectivity index (χ2v) is 9.22. The molecular weight excluding hydrogens is 441 g/mol. The summed E-state index contributed by atoms with van der Waals surface area (Å²) in [6, 6.07) is 0. The van der Waals surface area contributed by atoms with Gasteiger partial charge in [0.25, 0.3) is 0 Å². The minimum absolute atomic E-state index is 0.0823. The third-order valence-corrected chi connectivity index (χ3v) is 6.70. The first-order valence-electron chi connectivity index (χ1n) is 4.67. The van der Waals surface area contributed by atoms with Crippen molar-refractivity contribution in [3.05, 3.63) is 9.66 Å². The molecule has 0 aromatic heterocycles. The van der Waals surface area contributed by atoms with E-state index in [2.05, 4.69) is 39.9 Å². The van der Waals surface area contributed by atoms with Crippen LogP contribution in [0.15, 0.2) is 9.66 Å². The van der Waals surface area contributed by atoms with Crippen molar-refractivity contribution < 1.29 is 21.2 Å². The summed E-state index contributed by atoms with van der Waals surface area (Å²) in [6.07, 6.45) is 5.86. The van der Waals surface area contributed by atoms with Crippen LogP contribution in [-0.2, 0) is 0 Å². The van der Waals surface area contributed by atoms with Crippen LogP contribution in [0.5, 0.6) is 0 Å². The number of alkyl halides is 3. The van der Waals surface area contributed by atoms with Crippen LogP contribution < -0.4 is 21.2 Å². The third-order valence-electron chi connectivity index (χ3n) is 1.64. The molecule has 14 heavy (non-hydrogen) atoms. The van der Waals surface area contributed by atoms with Crippen molar-refractivity contribution in [1.29, 1.82) is 0 Å². The Morgan fingerprint density at radius 1 is 1.64 bits per heavy atom. The normalized spacial score (nSPS) is 14.7. The maximum atomic E-state index is 6.23. The molecule has 0 aliphatic rings. The van der Waals surface area contributed by atoms with Gasteiger partial charge in [-0.05, 0) is 0 Å². The molecule has 0 fully saturated rings. The van der Waals surface area contributed by atoms with Gasteiger partial charge in [-0.15, -0.1) is 0 Å². The summed E-state index contributed by atoms with van der Waals surface area (Å²) in [7, 11) is 0. The summed E-state index contributed by atoms with van der Waals surface area (Å²) in [4.78, 5) is 0. The van der Waals surface area contributed by atoms with Crippen LogP contribution in [0.3, 0.4) is 0 Å². The van der Waals surface area contributed by atoms with Gasteiger partial charge in [0, 0.05) is 0 Å². The summed E-state index contributed by atoms with van der Waals surface area (Å²) < 4.78 is 4.10. The Hall–Kier alpha value is 1.84. The van der Waals surface area contributed by atoms with Crippen LogP contribution >= 0.6 is 46.0 Å². The zero-order valence-corrected chi connectivity index (χ0v) is 14.6. The van der Waals surface area contributed by atoms with E-state index in [1.165, 1.54) is 35.0 Å². The van der Waals surface area contributed by atoms with Gasteiger partial charge < -0.3 is 0 Å². The Balaban J connectivity index is 3.55. The summed E-state index contributed by atoms with van der Waals surface area (Å²) in [6.45, 7) is 2.23. The first-order valence-corrected chi connectivity index (χ1v) is 10.5. The van der Waals surface area contributed by atoms with Gasteiger partial charge in [0.05, 0.1) is 0 Å². The summed E-state index contributed by atoms with van der Waals surface area (Å²) in [5.41, 5.74) is 1.53.